The summed E-state index contributed by atoms with van der Waals surface area (Å²) < 4.78 is 0. The van der Waals surface area contributed by atoms with Crippen molar-refractivity contribution in [3.63, 3.8) is 0 Å². The molecule has 1 nitrogen and oxygen atoms in total. The van der Waals surface area contributed by atoms with E-state index in [1.54, 1.807) is 22.3 Å². The third kappa shape index (κ3) is 4.66. The highest BCUT2D eigenvalue weighted by molar-refractivity contribution is 5.77. The van der Waals surface area contributed by atoms with Gasteiger partial charge in [0.2, 0.25) is 0 Å². The Balaban J connectivity index is 1.12. The van der Waals surface area contributed by atoms with E-state index in [-0.39, 0.29) is 16.9 Å². The van der Waals surface area contributed by atoms with Crippen LogP contribution in [0.4, 0.5) is 5.69 Å². The standard InChI is InChI=1S/C50H47N/c1-49-33-13-12-22-48(49)50(46-21-11-10-20-45(46)49)44-19-9-8-18-42(44)43-32-31-41(34-47(43)50)51(39-27-23-37(24-28-39)35-14-4-2-5-15-35)40-29-25-38(26-30-40)36-16-6-3-7-17-36/h2,4-6,9-17,19-23,25-27,29-30,32-34,41,45-46,48H,3,7-8,18,24,28,31H2,1H3/t41?,45?,46-,48?,49?,50?/m0/s1. The third-order valence-electron chi connectivity index (χ3n) is 13.4. The van der Waals surface area contributed by atoms with Gasteiger partial charge >= 0.3 is 0 Å². The minimum Gasteiger partial charge on any atom is -0.338 e. The van der Waals surface area contributed by atoms with Gasteiger partial charge in [0.1, 0.15) is 0 Å². The van der Waals surface area contributed by atoms with Gasteiger partial charge in [0.15, 0.2) is 0 Å². The van der Waals surface area contributed by atoms with Crippen LogP contribution in [0.2, 0.25) is 0 Å². The van der Waals surface area contributed by atoms with Gasteiger partial charge < -0.3 is 4.90 Å². The average Bonchev–Trinajstić information content (AvgIpc) is 3.62. The lowest BCUT2D eigenvalue weighted by Crippen LogP contribution is -2.40. The van der Waals surface area contributed by atoms with E-state index in [1.165, 1.54) is 33.7 Å². The largest absolute Gasteiger partial charge is 0.338 e. The molecule has 2 aromatic carbocycles. The lowest BCUT2D eigenvalue weighted by Gasteiger charge is -2.44. The Morgan fingerprint density at radius 2 is 1.53 bits per heavy atom. The van der Waals surface area contributed by atoms with E-state index in [4.69, 9.17) is 0 Å². The maximum absolute atomic E-state index is 2.75. The first-order valence-corrected chi connectivity index (χ1v) is 19.4. The molecule has 252 valence electrons. The number of anilines is 1. The van der Waals surface area contributed by atoms with Crippen LogP contribution in [-0.2, 0) is 0 Å². The molecular weight excluding hydrogens is 615 g/mol. The summed E-state index contributed by atoms with van der Waals surface area (Å²) in [4.78, 5) is 2.70. The van der Waals surface area contributed by atoms with E-state index in [0.717, 1.165) is 44.9 Å². The SMILES string of the molecule is CC12C=CC=CC1C1(C3=CC(N(C4=CC=C(c5ccccc5)CC4)c4ccc(C5=CCCC=C5)cc4)CC=C3C3=C1C=CCC3)[C@H]1C=CC=CC12. The van der Waals surface area contributed by atoms with E-state index in [1.807, 2.05) is 0 Å². The Kier molecular flexibility index (Phi) is 7.35. The summed E-state index contributed by atoms with van der Waals surface area (Å²) in [6, 6.07) is 20.6. The molecule has 1 spiro atoms. The third-order valence-corrected chi connectivity index (χ3v) is 13.4. The van der Waals surface area contributed by atoms with Crippen LogP contribution < -0.4 is 4.90 Å². The normalized spacial score (nSPS) is 32.5. The lowest BCUT2D eigenvalue weighted by atomic mass is 9.59. The molecule has 5 unspecified atom stereocenters. The van der Waals surface area contributed by atoms with Gasteiger partial charge in [0.25, 0.3) is 0 Å². The predicted molar refractivity (Wildman–Crippen MR) is 215 cm³/mol. The summed E-state index contributed by atoms with van der Waals surface area (Å²) in [5, 5.41) is 0. The maximum Gasteiger partial charge on any atom is 0.0560 e. The summed E-state index contributed by atoms with van der Waals surface area (Å²) in [5.74, 6) is 1.28. The Labute approximate surface area is 304 Å². The molecule has 0 bridgehead atoms. The van der Waals surface area contributed by atoms with Crippen molar-refractivity contribution in [3.05, 3.63) is 197 Å². The van der Waals surface area contributed by atoms with Crippen molar-refractivity contribution in [2.75, 3.05) is 4.90 Å². The molecule has 1 heteroatoms. The molecule has 2 aromatic rings. The Morgan fingerprint density at radius 1 is 0.706 bits per heavy atom. The molecular formula is C50H47N. The van der Waals surface area contributed by atoms with Crippen molar-refractivity contribution >= 4 is 16.8 Å². The van der Waals surface area contributed by atoms with Gasteiger partial charge in [0.05, 0.1) is 6.04 Å². The Morgan fingerprint density at radius 3 is 2.33 bits per heavy atom. The fourth-order valence-electron chi connectivity index (χ4n) is 11.2. The van der Waals surface area contributed by atoms with Crippen molar-refractivity contribution in [1.29, 1.82) is 0 Å². The van der Waals surface area contributed by atoms with E-state index >= 15 is 0 Å². The molecule has 0 N–H and O–H groups in total. The number of hydrogen-bond donors (Lipinski definition) is 0. The van der Waals surface area contributed by atoms with E-state index in [9.17, 15) is 0 Å². The van der Waals surface area contributed by atoms with Gasteiger partial charge in [-0.05, 0) is 120 Å². The molecule has 1 fully saturated rings. The molecule has 0 amide bonds. The molecule has 0 aromatic heterocycles. The van der Waals surface area contributed by atoms with Crippen molar-refractivity contribution in [1.82, 2.24) is 0 Å². The molecule has 8 aliphatic rings. The van der Waals surface area contributed by atoms with Gasteiger partial charge in [-0.15, -0.1) is 0 Å². The summed E-state index contributed by atoms with van der Waals surface area (Å²) in [6.45, 7) is 2.54. The average molecular weight is 662 g/mol. The van der Waals surface area contributed by atoms with Crippen molar-refractivity contribution in [2.45, 2.75) is 57.9 Å². The van der Waals surface area contributed by atoms with Crippen molar-refractivity contribution in [2.24, 2.45) is 28.6 Å². The minimum absolute atomic E-state index is 0.0651. The first-order valence-electron chi connectivity index (χ1n) is 19.4. The maximum atomic E-state index is 2.75. The highest BCUT2D eigenvalue weighted by Gasteiger charge is 2.68. The molecule has 0 heterocycles. The van der Waals surface area contributed by atoms with Crippen molar-refractivity contribution in [3.8, 4) is 0 Å². The summed E-state index contributed by atoms with van der Waals surface area (Å²) >= 11 is 0. The van der Waals surface area contributed by atoms with E-state index in [2.05, 4.69) is 170 Å². The molecule has 0 saturated heterocycles. The number of nitrogens with zero attached hydrogens (tertiary/aromatic N) is 1. The topological polar surface area (TPSA) is 3.24 Å². The number of rotatable bonds is 5. The molecule has 0 radical (unpaired) electrons. The van der Waals surface area contributed by atoms with Gasteiger partial charge in [0, 0.05) is 28.1 Å². The highest BCUT2D eigenvalue weighted by Crippen LogP contribution is 2.74. The van der Waals surface area contributed by atoms with Crippen LogP contribution in [0.5, 0.6) is 0 Å². The van der Waals surface area contributed by atoms with Crippen LogP contribution in [0.1, 0.15) is 63.0 Å². The lowest BCUT2D eigenvalue weighted by molar-refractivity contribution is 0.256. The molecule has 0 aliphatic heterocycles. The van der Waals surface area contributed by atoms with Crippen LogP contribution in [0, 0.1) is 28.6 Å². The zero-order valence-corrected chi connectivity index (χ0v) is 29.7. The summed E-state index contributed by atoms with van der Waals surface area (Å²) in [7, 11) is 0. The summed E-state index contributed by atoms with van der Waals surface area (Å²) in [5.41, 5.74) is 14.5. The van der Waals surface area contributed by atoms with E-state index < -0.39 is 0 Å². The number of fused-ring (bicyclic) bond motifs is 9. The first-order chi connectivity index (χ1) is 25.2. The summed E-state index contributed by atoms with van der Waals surface area (Å²) in [6.07, 6.45) is 49.3. The molecule has 6 atom stereocenters. The zero-order valence-electron chi connectivity index (χ0n) is 29.7. The molecule has 10 rings (SSSR count). The predicted octanol–water partition coefficient (Wildman–Crippen LogP) is 12.4. The van der Waals surface area contributed by atoms with Crippen LogP contribution in [0.3, 0.4) is 0 Å². The van der Waals surface area contributed by atoms with Gasteiger partial charge in [-0.2, -0.15) is 0 Å². The Bertz CT molecular complexity index is 2150. The number of hydrogen-bond acceptors (Lipinski definition) is 1. The van der Waals surface area contributed by atoms with Gasteiger partial charge in [-0.3, -0.25) is 0 Å². The second kappa shape index (κ2) is 12.1. The Hall–Kier alpha value is -4.88. The molecule has 1 saturated carbocycles. The number of benzene rings is 2. The van der Waals surface area contributed by atoms with Crippen LogP contribution in [0.15, 0.2) is 186 Å². The fraction of sp³-hybridized carbons (Fsp3) is 0.280. The van der Waals surface area contributed by atoms with Crippen LogP contribution >= 0.6 is 0 Å². The smallest absolute Gasteiger partial charge is 0.0560 e. The fourth-order valence-corrected chi connectivity index (χ4v) is 11.2. The zero-order chi connectivity index (χ0) is 34.0. The quantitative estimate of drug-likeness (QED) is 0.308. The van der Waals surface area contributed by atoms with Crippen LogP contribution in [-0.4, -0.2) is 6.04 Å². The first kappa shape index (κ1) is 30.9. The minimum atomic E-state index is -0.0741. The molecule has 51 heavy (non-hydrogen) atoms. The van der Waals surface area contributed by atoms with Crippen LogP contribution in [0.25, 0.3) is 11.1 Å². The second-order valence-electron chi connectivity index (χ2n) is 15.9. The second-order valence-corrected chi connectivity index (χ2v) is 15.9. The highest BCUT2D eigenvalue weighted by atomic mass is 15.2. The monoisotopic (exact) mass is 661 g/mol. The van der Waals surface area contributed by atoms with E-state index in [0.29, 0.717) is 17.8 Å². The molecule has 8 aliphatic carbocycles. The number of allylic oxidation sites excluding steroid dienone is 22. The van der Waals surface area contributed by atoms with Gasteiger partial charge in [-0.25, -0.2) is 0 Å². The van der Waals surface area contributed by atoms with Gasteiger partial charge in [-0.1, -0.05) is 147 Å². The van der Waals surface area contributed by atoms with Crippen molar-refractivity contribution < 1.29 is 0 Å².